The number of hydrogen-bond donors (Lipinski definition) is 0. The van der Waals surface area contributed by atoms with Crippen molar-refractivity contribution in [2.24, 2.45) is 17.8 Å². The van der Waals surface area contributed by atoms with Gasteiger partial charge in [-0.3, -0.25) is 14.9 Å². The number of non-ortho nitro benzene ring substituents is 1. The molecule has 246 valence electrons. The van der Waals surface area contributed by atoms with Gasteiger partial charge in [0.2, 0.25) is 5.91 Å². The zero-order valence-corrected chi connectivity index (χ0v) is 27.1. The molecular weight excluding hydrogens is 602 g/mol. The molecule has 3 aromatic carbocycles. The number of quaternary nitrogens is 1. The van der Waals surface area contributed by atoms with E-state index in [0.717, 1.165) is 54.5 Å². The van der Waals surface area contributed by atoms with Gasteiger partial charge in [-0.05, 0) is 35.1 Å². The summed E-state index contributed by atoms with van der Waals surface area (Å²) in [6.45, 7) is 10.5. The van der Waals surface area contributed by atoms with E-state index in [9.17, 15) is 24.5 Å². The normalized spacial score (nSPS) is 21.9. The maximum Gasteiger partial charge on any atom is 0.363 e. The number of carbonyl (C=O) groups excluding carboxylic acids is 3. The van der Waals surface area contributed by atoms with Gasteiger partial charge in [-0.2, -0.15) is 0 Å². The second kappa shape index (κ2) is 12.9. The Balaban J connectivity index is 1.25. The molecule has 0 aromatic heterocycles. The lowest BCUT2D eigenvalue weighted by molar-refractivity contribution is -0.916. The highest BCUT2D eigenvalue weighted by atomic mass is 16.6. The summed E-state index contributed by atoms with van der Waals surface area (Å²) in [6, 6.07) is 16.7. The van der Waals surface area contributed by atoms with Crippen molar-refractivity contribution < 1.29 is 38.0 Å². The number of β-lactam (4-membered cyclic amide) rings is 1. The number of hydrogen-bond acceptors (Lipinski definition) is 8. The summed E-state index contributed by atoms with van der Waals surface area (Å²) < 4.78 is 18.2. The maximum atomic E-state index is 13.6. The minimum atomic E-state index is -0.961. The highest BCUT2D eigenvalue weighted by molar-refractivity contribution is 6.06. The molecule has 47 heavy (non-hydrogen) atoms. The van der Waals surface area contributed by atoms with Crippen molar-refractivity contribution in [1.29, 1.82) is 0 Å². The number of carbonyl (C=O) groups is 3. The van der Waals surface area contributed by atoms with Crippen LogP contribution in [-0.2, 0) is 25.5 Å². The van der Waals surface area contributed by atoms with Crippen molar-refractivity contribution in [2.45, 2.75) is 33.2 Å². The third kappa shape index (κ3) is 6.13. The average Bonchev–Trinajstić information content (AvgIpc) is 3.30. The van der Waals surface area contributed by atoms with Gasteiger partial charge in [-0.25, -0.2) is 9.59 Å². The molecule has 3 aromatic rings. The molecule has 1 amide bonds. The standard InChI is InChI=1S/C36H40N3O8/c1-22(2)31-32-23(3)29(33(37(32)34(31)40)36(42)47-35(41)25-11-13-26(14-12-25)38(43)44)21-46-30-10-6-8-27-24(7-5-9-28(27)30)15-16-39(4)17-19-45-20-18-39/h5-14,22-23,31-32H,15-21H2,1-4H3/q+1/t23-,31+,32+/m0/s1. The quantitative estimate of drug-likeness (QED) is 0.0763. The van der Waals surface area contributed by atoms with Crippen LogP contribution < -0.4 is 4.74 Å². The molecule has 2 saturated heterocycles. The fourth-order valence-electron chi connectivity index (χ4n) is 7.17. The number of ether oxygens (including phenoxy) is 3. The first-order valence-corrected chi connectivity index (χ1v) is 16.1. The van der Waals surface area contributed by atoms with E-state index in [4.69, 9.17) is 14.2 Å². The van der Waals surface area contributed by atoms with Gasteiger partial charge in [-0.1, -0.05) is 51.1 Å². The fourth-order valence-corrected chi connectivity index (χ4v) is 7.17. The highest BCUT2D eigenvalue weighted by Crippen LogP contribution is 2.49. The monoisotopic (exact) mass is 642 g/mol. The Hall–Kier alpha value is -4.61. The number of esters is 2. The predicted molar refractivity (Wildman–Crippen MR) is 173 cm³/mol. The molecule has 0 saturated carbocycles. The van der Waals surface area contributed by atoms with Crippen LogP contribution in [-0.4, -0.2) is 84.7 Å². The van der Waals surface area contributed by atoms with E-state index >= 15 is 0 Å². The molecule has 3 aliphatic heterocycles. The Morgan fingerprint density at radius 2 is 1.70 bits per heavy atom. The summed E-state index contributed by atoms with van der Waals surface area (Å²) in [5, 5.41) is 13.1. The van der Waals surface area contributed by atoms with Crippen LogP contribution in [0.15, 0.2) is 71.9 Å². The Morgan fingerprint density at radius 1 is 1.02 bits per heavy atom. The van der Waals surface area contributed by atoms with Gasteiger partial charge in [0.25, 0.3) is 5.69 Å². The number of amides is 1. The van der Waals surface area contributed by atoms with Crippen molar-refractivity contribution in [3.8, 4) is 5.75 Å². The Bertz CT molecular complexity index is 1760. The number of rotatable bonds is 10. The smallest absolute Gasteiger partial charge is 0.363 e. The van der Waals surface area contributed by atoms with E-state index in [1.54, 1.807) is 0 Å². The average molecular weight is 643 g/mol. The molecule has 0 unspecified atom stereocenters. The van der Waals surface area contributed by atoms with Crippen LogP contribution in [0.1, 0.15) is 36.7 Å². The minimum absolute atomic E-state index is 0.0175. The second-order valence-corrected chi connectivity index (χ2v) is 13.3. The van der Waals surface area contributed by atoms with Crippen molar-refractivity contribution in [2.75, 3.05) is 46.5 Å². The van der Waals surface area contributed by atoms with Gasteiger partial charge in [-0.15, -0.1) is 0 Å². The molecule has 11 heteroatoms. The number of fused-ring (bicyclic) bond motifs is 2. The van der Waals surface area contributed by atoms with Gasteiger partial charge in [0.05, 0.1) is 49.3 Å². The molecule has 0 radical (unpaired) electrons. The van der Waals surface area contributed by atoms with Crippen LogP contribution in [0.2, 0.25) is 0 Å². The molecule has 11 nitrogen and oxygen atoms in total. The van der Waals surface area contributed by atoms with Gasteiger partial charge < -0.3 is 23.6 Å². The number of nitro benzene ring substituents is 1. The highest BCUT2D eigenvalue weighted by Gasteiger charge is 2.59. The molecule has 2 fully saturated rings. The first-order chi connectivity index (χ1) is 22.5. The summed E-state index contributed by atoms with van der Waals surface area (Å²) in [5.41, 5.74) is 1.64. The lowest BCUT2D eigenvalue weighted by Gasteiger charge is -2.47. The number of morpholine rings is 1. The zero-order chi connectivity index (χ0) is 33.5. The number of nitro groups is 1. The topological polar surface area (TPSA) is 125 Å². The van der Waals surface area contributed by atoms with E-state index in [-0.39, 0.29) is 53.3 Å². The summed E-state index contributed by atoms with van der Waals surface area (Å²) in [7, 11) is 2.28. The third-order valence-corrected chi connectivity index (χ3v) is 10.0. The van der Waals surface area contributed by atoms with Crippen LogP contribution in [0, 0.1) is 27.9 Å². The van der Waals surface area contributed by atoms with Crippen molar-refractivity contribution in [3.63, 3.8) is 0 Å². The molecule has 6 rings (SSSR count). The molecule has 3 aliphatic rings. The van der Waals surface area contributed by atoms with E-state index < -0.39 is 16.9 Å². The number of benzene rings is 3. The van der Waals surface area contributed by atoms with Crippen LogP contribution in [0.3, 0.4) is 0 Å². The van der Waals surface area contributed by atoms with E-state index in [2.05, 4.69) is 19.2 Å². The van der Waals surface area contributed by atoms with E-state index in [0.29, 0.717) is 11.3 Å². The Morgan fingerprint density at radius 3 is 2.38 bits per heavy atom. The van der Waals surface area contributed by atoms with Gasteiger partial charge in [0, 0.05) is 35.4 Å². The predicted octanol–water partition coefficient (Wildman–Crippen LogP) is 4.92. The van der Waals surface area contributed by atoms with Crippen LogP contribution in [0.25, 0.3) is 10.8 Å². The second-order valence-electron chi connectivity index (χ2n) is 13.3. The van der Waals surface area contributed by atoms with Crippen LogP contribution in [0.4, 0.5) is 5.69 Å². The van der Waals surface area contributed by atoms with Crippen molar-refractivity contribution in [1.82, 2.24) is 4.90 Å². The largest absolute Gasteiger partial charge is 0.488 e. The zero-order valence-electron chi connectivity index (χ0n) is 27.1. The van der Waals surface area contributed by atoms with Gasteiger partial charge in [0.15, 0.2) is 0 Å². The Kier molecular flexibility index (Phi) is 8.86. The third-order valence-electron chi connectivity index (χ3n) is 10.0. The molecule has 3 heterocycles. The van der Waals surface area contributed by atoms with E-state index in [1.807, 2.05) is 45.0 Å². The van der Waals surface area contributed by atoms with Crippen LogP contribution >= 0.6 is 0 Å². The first-order valence-electron chi connectivity index (χ1n) is 16.1. The molecule has 0 N–H and O–H groups in total. The minimum Gasteiger partial charge on any atom is -0.488 e. The maximum absolute atomic E-state index is 13.6. The SMILES string of the molecule is CC(C)[C@H]1C(=O)N2C(C(=O)OC(=O)c3ccc([N+](=O)[O-])cc3)=C(COc3cccc4c(CC[N+]5(C)CCOCC5)cccc34)[C@H](C)[C@H]12. The lowest BCUT2D eigenvalue weighted by atomic mass is 9.74. The first kappa shape index (κ1) is 32.3. The van der Waals surface area contributed by atoms with Crippen LogP contribution in [0.5, 0.6) is 5.75 Å². The molecule has 0 aliphatic carbocycles. The Labute approximate surface area is 273 Å². The molecule has 0 bridgehead atoms. The lowest BCUT2D eigenvalue weighted by Crippen LogP contribution is -2.62. The molecular formula is C36H40N3O8+. The van der Waals surface area contributed by atoms with Crippen molar-refractivity contribution in [3.05, 3.63) is 93.2 Å². The summed E-state index contributed by atoms with van der Waals surface area (Å²) in [5.74, 6) is -1.86. The summed E-state index contributed by atoms with van der Waals surface area (Å²) in [4.78, 5) is 51.7. The molecule has 3 atom stereocenters. The number of nitrogens with zero attached hydrogens (tertiary/aromatic N) is 3. The van der Waals surface area contributed by atoms with E-state index in [1.165, 1.54) is 34.7 Å². The summed E-state index contributed by atoms with van der Waals surface area (Å²) >= 11 is 0. The van der Waals surface area contributed by atoms with Crippen molar-refractivity contribution >= 4 is 34.3 Å². The van der Waals surface area contributed by atoms with Gasteiger partial charge >= 0.3 is 11.9 Å². The summed E-state index contributed by atoms with van der Waals surface area (Å²) in [6.07, 6.45) is 0.910. The van der Waals surface area contributed by atoms with Gasteiger partial charge in [0.1, 0.15) is 31.1 Å². The fraction of sp³-hybridized carbons (Fsp3) is 0.417. The number of likely N-dealkylation sites (N-methyl/N-ethyl adjacent to an activating group) is 1. The molecule has 0 spiro atoms.